The quantitative estimate of drug-likeness (QED) is 0.164. The van der Waals surface area contributed by atoms with Crippen LogP contribution in [-0.4, -0.2) is 36.1 Å². The molecule has 9 heteroatoms. The van der Waals surface area contributed by atoms with Crippen molar-refractivity contribution in [2.24, 2.45) is 4.99 Å². The number of nitrogens with zero attached hydrogens (tertiary/aromatic N) is 1. The van der Waals surface area contributed by atoms with Gasteiger partial charge in [-0.15, -0.1) is 0 Å². The average molecular weight is 366 g/mol. The molecule has 1 aliphatic rings. The summed E-state index contributed by atoms with van der Waals surface area (Å²) in [6.45, 7) is 1.41. The maximum atomic E-state index is 14.0. The molecule has 0 aliphatic heterocycles. The van der Waals surface area contributed by atoms with Gasteiger partial charge in [0.05, 0.1) is 18.2 Å². The molecule has 0 radical (unpaired) electrons. The molecule has 0 aromatic heterocycles. The minimum Gasteiger partial charge on any atom is -0.506 e. The molecule has 1 aromatic carbocycles. The number of carbonyl (C=O) groups excluding carboxylic acids is 1. The molecule has 2 rings (SSSR count). The predicted molar refractivity (Wildman–Crippen MR) is 79.3 cm³/mol. The molecular weight excluding hydrogens is 354 g/mol. The highest BCUT2D eigenvalue weighted by Gasteiger charge is 2.37. The van der Waals surface area contributed by atoms with Crippen LogP contribution in [0.5, 0.6) is 0 Å². The van der Waals surface area contributed by atoms with Gasteiger partial charge in [-0.25, -0.2) is 22.4 Å². The molecule has 0 saturated heterocycles. The summed E-state index contributed by atoms with van der Waals surface area (Å²) in [5.41, 5.74) is -1.47. The first-order valence-electron chi connectivity index (χ1n) is 6.88. The van der Waals surface area contributed by atoms with E-state index < -0.39 is 57.6 Å². The third-order valence-corrected chi connectivity index (χ3v) is 3.52. The zero-order valence-corrected chi connectivity index (χ0v) is 13.1. The van der Waals surface area contributed by atoms with Crippen molar-refractivity contribution in [2.75, 3.05) is 6.61 Å². The molecule has 2 atom stereocenters. The van der Waals surface area contributed by atoms with Crippen LogP contribution in [0.4, 0.5) is 17.6 Å². The van der Waals surface area contributed by atoms with Gasteiger partial charge < -0.3 is 9.84 Å². The monoisotopic (exact) mass is 365 g/mol. The maximum Gasteiger partial charge on any atom is 0.343 e. The number of benzene rings is 1. The molecule has 1 fully saturated rings. The zero-order chi connectivity index (χ0) is 18.0. The highest BCUT2D eigenvalue weighted by atomic mass is 35.5. The molecule has 0 heterocycles. The van der Waals surface area contributed by atoms with Crippen molar-refractivity contribution < 1.29 is 32.2 Å². The standard InChI is InChI=1S/C15H12ClF4NO3/c1-2-24-15(23)7(5-21-10-4-8(10)17)14(22)6-3-9(18)13(20)11(16)12(6)19/h3,5,8,10,22H,2,4H2,1H3. The Morgan fingerprint density at radius 3 is 2.62 bits per heavy atom. The highest BCUT2D eigenvalue weighted by molar-refractivity contribution is 6.31. The van der Waals surface area contributed by atoms with E-state index in [4.69, 9.17) is 11.6 Å². The van der Waals surface area contributed by atoms with Crippen molar-refractivity contribution in [3.63, 3.8) is 0 Å². The molecule has 0 amide bonds. The topological polar surface area (TPSA) is 58.9 Å². The van der Waals surface area contributed by atoms with Crippen LogP contribution in [0.1, 0.15) is 18.9 Å². The third-order valence-electron chi connectivity index (χ3n) is 3.18. The molecule has 24 heavy (non-hydrogen) atoms. The Balaban J connectivity index is 2.52. The number of aliphatic hydroxyl groups is 1. The van der Waals surface area contributed by atoms with Gasteiger partial charge in [0.15, 0.2) is 17.5 Å². The first-order valence-corrected chi connectivity index (χ1v) is 7.26. The van der Waals surface area contributed by atoms with Crippen molar-refractivity contribution in [1.29, 1.82) is 0 Å². The second kappa shape index (κ2) is 7.21. The molecule has 1 aromatic rings. The summed E-state index contributed by atoms with van der Waals surface area (Å²) >= 11 is 5.31. The van der Waals surface area contributed by atoms with E-state index in [1.54, 1.807) is 0 Å². The normalized spacial score (nSPS) is 20.9. The molecule has 0 spiro atoms. The van der Waals surface area contributed by atoms with Crippen LogP contribution in [0.2, 0.25) is 5.02 Å². The number of carbonyl (C=O) groups is 1. The van der Waals surface area contributed by atoms with Crippen molar-refractivity contribution >= 4 is 29.5 Å². The molecule has 130 valence electrons. The van der Waals surface area contributed by atoms with Crippen molar-refractivity contribution in [3.05, 3.63) is 39.7 Å². The van der Waals surface area contributed by atoms with Crippen LogP contribution >= 0.6 is 11.6 Å². The van der Waals surface area contributed by atoms with E-state index in [2.05, 4.69) is 9.73 Å². The molecule has 1 N–H and O–H groups in total. The lowest BCUT2D eigenvalue weighted by atomic mass is 10.1. The van der Waals surface area contributed by atoms with E-state index in [-0.39, 0.29) is 13.0 Å². The van der Waals surface area contributed by atoms with Crippen LogP contribution in [-0.2, 0) is 9.53 Å². The lowest BCUT2D eigenvalue weighted by Crippen LogP contribution is -2.12. The first-order chi connectivity index (χ1) is 11.3. The number of halogens is 5. The average Bonchev–Trinajstić information content (AvgIpc) is 3.24. The van der Waals surface area contributed by atoms with E-state index in [9.17, 15) is 27.5 Å². The largest absolute Gasteiger partial charge is 0.506 e. The van der Waals surface area contributed by atoms with Crippen LogP contribution in [0.15, 0.2) is 16.6 Å². The fourth-order valence-electron chi connectivity index (χ4n) is 1.79. The zero-order valence-electron chi connectivity index (χ0n) is 12.3. The summed E-state index contributed by atoms with van der Waals surface area (Å²) in [5, 5.41) is 8.93. The van der Waals surface area contributed by atoms with Crippen LogP contribution in [0.25, 0.3) is 5.76 Å². The van der Waals surface area contributed by atoms with Crippen molar-refractivity contribution in [2.45, 2.75) is 25.6 Å². The van der Waals surface area contributed by atoms with Gasteiger partial charge in [-0.1, -0.05) is 11.6 Å². The summed E-state index contributed by atoms with van der Waals surface area (Å²) < 4.78 is 58.1. The van der Waals surface area contributed by atoms with Gasteiger partial charge in [-0.05, 0) is 13.0 Å². The van der Waals surface area contributed by atoms with Gasteiger partial charge in [0.1, 0.15) is 22.5 Å². The van der Waals surface area contributed by atoms with E-state index in [0.717, 1.165) is 6.21 Å². The smallest absolute Gasteiger partial charge is 0.343 e. The Kier molecular flexibility index (Phi) is 5.48. The van der Waals surface area contributed by atoms with Gasteiger partial charge in [0.2, 0.25) is 0 Å². The molecule has 4 nitrogen and oxygen atoms in total. The number of aliphatic imine (C=N–C) groups is 1. The van der Waals surface area contributed by atoms with Gasteiger partial charge in [0.25, 0.3) is 0 Å². The van der Waals surface area contributed by atoms with E-state index >= 15 is 0 Å². The van der Waals surface area contributed by atoms with Gasteiger partial charge >= 0.3 is 5.97 Å². The molecule has 2 unspecified atom stereocenters. The molecule has 0 bridgehead atoms. The maximum absolute atomic E-state index is 14.0. The number of rotatable bonds is 5. The SMILES string of the molecule is CCOC(=O)C(C=NC1CC1F)=C(O)c1cc(F)c(F)c(Cl)c1F. The number of hydrogen-bond donors (Lipinski definition) is 1. The number of hydrogen-bond acceptors (Lipinski definition) is 4. The fourth-order valence-corrected chi connectivity index (χ4v) is 1.98. The Morgan fingerprint density at radius 1 is 1.46 bits per heavy atom. The summed E-state index contributed by atoms with van der Waals surface area (Å²) in [7, 11) is 0. The van der Waals surface area contributed by atoms with Gasteiger partial charge in [-0.3, -0.25) is 4.99 Å². The van der Waals surface area contributed by atoms with Crippen LogP contribution in [0, 0.1) is 17.5 Å². The van der Waals surface area contributed by atoms with Gasteiger partial charge in [0, 0.05) is 12.6 Å². The summed E-state index contributed by atoms with van der Waals surface area (Å²) in [5.74, 6) is -6.75. The number of alkyl halides is 1. The van der Waals surface area contributed by atoms with Gasteiger partial charge in [-0.2, -0.15) is 0 Å². The first kappa shape index (κ1) is 18.3. The summed E-state index contributed by atoms with van der Waals surface area (Å²) in [4.78, 5) is 15.6. The predicted octanol–water partition coefficient (Wildman–Crippen LogP) is 3.77. The Labute approximate surface area is 139 Å². The molecule has 1 aliphatic carbocycles. The Hall–Kier alpha value is -2.09. The lowest BCUT2D eigenvalue weighted by molar-refractivity contribution is -0.137. The summed E-state index contributed by atoms with van der Waals surface area (Å²) in [6.07, 6.45) is -0.202. The second-order valence-corrected chi connectivity index (χ2v) is 5.31. The van der Waals surface area contributed by atoms with Crippen LogP contribution in [0.3, 0.4) is 0 Å². The third kappa shape index (κ3) is 3.69. The van der Waals surface area contributed by atoms with Crippen LogP contribution < -0.4 is 0 Å². The minimum absolute atomic E-state index is 0.0698. The molecular formula is C15H12ClF4NO3. The number of aliphatic hydroxyl groups excluding tert-OH is 1. The summed E-state index contributed by atoms with van der Waals surface area (Å²) in [6, 6.07) is -0.339. The molecule has 1 saturated carbocycles. The number of ether oxygens (including phenoxy) is 1. The highest BCUT2D eigenvalue weighted by Crippen LogP contribution is 2.31. The Bertz CT molecular complexity index is 736. The Morgan fingerprint density at radius 2 is 2.08 bits per heavy atom. The van der Waals surface area contributed by atoms with E-state index in [1.807, 2.05) is 0 Å². The minimum atomic E-state index is -1.63. The van der Waals surface area contributed by atoms with Crippen molar-refractivity contribution in [3.8, 4) is 0 Å². The van der Waals surface area contributed by atoms with E-state index in [0.29, 0.717) is 6.07 Å². The number of esters is 1. The van der Waals surface area contributed by atoms with Crippen molar-refractivity contribution in [1.82, 2.24) is 0 Å². The lowest BCUT2D eigenvalue weighted by Gasteiger charge is -2.09. The second-order valence-electron chi connectivity index (χ2n) is 4.93. The van der Waals surface area contributed by atoms with E-state index in [1.165, 1.54) is 6.92 Å². The fraction of sp³-hybridized carbons (Fsp3) is 0.333.